The van der Waals surface area contributed by atoms with Gasteiger partial charge in [0, 0.05) is 17.0 Å². The molecular weight excluding hydrogens is 223 g/mol. The molecule has 1 saturated carbocycles. The molecule has 2 atom stereocenters. The van der Waals surface area contributed by atoms with Crippen LogP contribution in [0.2, 0.25) is 0 Å². The molecule has 2 rings (SSSR count). The first-order valence-corrected chi connectivity index (χ1v) is 6.82. The molecule has 0 amide bonds. The zero-order valence-corrected chi connectivity index (χ0v) is 10.2. The first-order chi connectivity index (χ1) is 7.69. The van der Waals surface area contributed by atoms with E-state index in [9.17, 15) is 4.39 Å². The summed E-state index contributed by atoms with van der Waals surface area (Å²) in [5, 5.41) is 3.97. The number of nitrogens with two attached hydrogens (primary N) is 1. The number of hydrogen-bond acceptors (Lipinski definition) is 3. The fourth-order valence-electron chi connectivity index (χ4n) is 2.15. The summed E-state index contributed by atoms with van der Waals surface area (Å²) in [5.74, 6) is -0.257. The molecule has 0 aromatic heterocycles. The van der Waals surface area contributed by atoms with Gasteiger partial charge in [0.05, 0.1) is 5.69 Å². The number of anilines is 2. The summed E-state index contributed by atoms with van der Waals surface area (Å²) in [6, 6.07) is 5.21. The number of rotatable bonds is 3. The SMILES string of the molecule is CSC1CCC(Nc2ccc(N)cc2F)C1. The van der Waals surface area contributed by atoms with E-state index in [0.717, 1.165) is 12.8 Å². The van der Waals surface area contributed by atoms with E-state index >= 15 is 0 Å². The Kier molecular flexibility index (Phi) is 3.59. The number of nitrogens with one attached hydrogen (secondary N) is 1. The Balaban J connectivity index is 1.99. The van der Waals surface area contributed by atoms with Gasteiger partial charge in [0.25, 0.3) is 0 Å². The summed E-state index contributed by atoms with van der Waals surface area (Å²) in [6.07, 6.45) is 5.59. The lowest BCUT2D eigenvalue weighted by molar-refractivity contribution is 0.625. The largest absolute Gasteiger partial charge is 0.399 e. The highest BCUT2D eigenvalue weighted by atomic mass is 32.2. The van der Waals surface area contributed by atoms with Gasteiger partial charge in [0.15, 0.2) is 0 Å². The maximum atomic E-state index is 13.5. The summed E-state index contributed by atoms with van der Waals surface area (Å²) < 4.78 is 13.5. The molecule has 0 heterocycles. The molecule has 0 aliphatic heterocycles. The van der Waals surface area contributed by atoms with E-state index in [-0.39, 0.29) is 5.82 Å². The molecule has 0 bridgehead atoms. The van der Waals surface area contributed by atoms with E-state index < -0.39 is 0 Å². The Labute approximate surface area is 99.8 Å². The zero-order chi connectivity index (χ0) is 11.5. The van der Waals surface area contributed by atoms with E-state index in [2.05, 4.69) is 11.6 Å². The van der Waals surface area contributed by atoms with Crippen molar-refractivity contribution in [3.05, 3.63) is 24.0 Å². The summed E-state index contributed by atoms with van der Waals surface area (Å²) in [7, 11) is 0. The van der Waals surface area contributed by atoms with Crippen LogP contribution in [0.4, 0.5) is 15.8 Å². The Morgan fingerprint density at radius 1 is 1.44 bits per heavy atom. The van der Waals surface area contributed by atoms with E-state index in [4.69, 9.17) is 5.73 Å². The first-order valence-electron chi connectivity index (χ1n) is 5.53. The summed E-state index contributed by atoms with van der Waals surface area (Å²) >= 11 is 1.90. The van der Waals surface area contributed by atoms with Crippen LogP contribution in [0.25, 0.3) is 0 Å². The molecule has 1 aliphatic carbocycles. The van der Waals surface area contributed by atoms with E-state index in [0.29, 0.717) is 22.7 Å². The van der Waals surface area contributed by atoms with Gasteiger partial charge in [-0.2, -0.15) is 11.8 Å². The second kappa shape index (κ2) is 4.95. The second-order valence-corrected chi connectivity index (χ2v) is 5.39. The van der Waals surface area contributed by atoms with Gasteiger partial charge in [-0.25, -0.2) is 4.39 Å². The Morgan fingerprint density at radius 3 is 2.88 bits per heavy atom. The van der Waals surface area contributed by atoms with Crippen molar-refractivity contribution in [1.29, 1.82) is 0 Å². The number of nitrogen functional groups attached to an aromatic ring is 1. The molecule has 0 spiro atoms. The number of thioether (sulfide) groups is 1. The highest BCUT2D eigenvalue weighted by molar-refractivity contribution is 7.99. The van der Waals surface area contributed by atoms with E-state index in [1.807, 2.05) is 11.8 Å². The van der Waals surface area contributed by atoms with Crippen molar-refractivity contribution in [1.82, 2.24) is 0 Å². The van der Waals surface area contributed by atoms with Crippen LogP contribution in [0.15, 0.2) is 18.2 Å². The van der Waals surface area contributed by atoms with Crippen molar-refractivity contribution < 1.29 is 4.39 Å². The molecule has 0 saturated heterocycles. The van der Waals surface area contributed by atoms with Crippen LogP contribution in [0.5, 0.6) is 0 Å². The summed E-state index contributed by atoms with van der Waals surface area (Å²) in [4.78, 5) is 0. The minimum Gasteiger partial charge on any atom is -0.399 e. The van der Waals surface area contributed by atoms with Crippen molar-refractivity contribution in [2.75, 3.05) is 17.3 Å². The Morgan fingerprint density at radius 2 is 2.25 bits per heavy atom. The minimum atomic E-state index is -0.257. The van der Waals surface area contributed by atoms with Gasteiger partial charge in [-0.05, 0) is 43.7 Å². The molecule has 2 nitrogen and oxygen atoms in total. The van der Waals surface area contributed by atoms with Crippen LogP contribution in [0, 0.1) is 5.82 Å². The first kappa shape index (κ1) is 11.6. The van der Waals surface area contributed by atoms with Gasteiger partial charge in [-0.1, -0.05) is 0 Å². The topological polar surface area (TPSA) is 38.0 Å². The minimum absolute atomic E-state index is 0.257. The van der Waals surface area contributed by atoms with E-state index in [1.165, 1.54) is 12.5 Å². The average molecular weight is 240 g/mol. The molecule has 3 N–H and O–H groups in total. The highest BCUT2D eigenvalue weighted by Gasteiger charge is 2.24. The number of benzene rings is 1. The average Bonchev–Trinajstić information content (AvgIpc) is 2.70. The fourth-order valence-corrected chi connectivity index (χ4v) is 2.95. The predicted octanol–water partition coefficient (Wildman–Crippen LogP) is 3.10. The van der Waals surface area contributed by atoms with Crippen LogP contribution in [0.1, 0.15) is 19.3 Å². The van der Waals surface area contributed by atoms with Gasteiger partial charge in [0.2, 0.25) is 0 Å². The fraction of sp³-hybridized carbons (Fsp3) is 0.500. The van der Waals surface area contributed by atoms with Crippen molar-refractivity contribution in [2.24, 2.45) is 0 Å². The lowest BCUT2D eigenvalue weighted by Crippen LogP contribution is -2.16. The summed E-state index contributed by atoms with van der Waals surface area (Å²) in [6.45, 7) is 0. The molecule has 1 aliphatic rings. The number of hydrogen-bond donors (Lipinski definition) is 2. The van der Waals surface area contributed by atoms with Crippen LogP contribution in [0.3, 0.4) is 0 Å². The molecule has 1 fully saturated rings. The molecule has 1 aromatic rings. The third kappa shape index (κ3) is 2.61. The molecule has 0 radical (unpaired) electrons. The third-order valence-corrected chi connectivity index (χ3v) is 4.17. The second-order valence-electron chi connectivity index (χ2n) is 4.25. The Hall–Kier alpha value is -0.900. The predicted molar refractivity (Wildman–Crippen MR) is 69.4 cm³/mol. The molecule has 2 unspecified atom stereocenters. The van der Waals surface area contributed by atoms with Gasteiger partial charge in [0.1, 0.15) is 5.82 Å². The van der Waals surface area contributed by atoms with Crippen molar-refractivity contribution >= 4 is 23.1 Å². The summed E-state index contributed by atoms with van der Waals surface area (Å²) in [5.41, 5.74) is 6.55. The van der Waals surface area contributed by atoms with Crippen LogP contribution in [-0.2, 0) is 0 Å². The lowest BCUT2D eigenvalue weighted by Gasteiger charge is -2.15. The highest BCUT2D eigenvalue weighted by Crippen LogP contribution is 2.31. The van der Waals surface area contributed by atoms with Gasteiger partial charge < -0.3 is 11.1 Å². The monoisotopic (exact) mass is 240 g/mol. The van der Waals surface area contributed by atoms with Crippen LogP contribution in [-0.4, -0.2) is 17.5 Å². The normalized spacial score (nSPS) is 24.6. The molecule has 4 heteroatoms. The smallest absolute Gasteiger partial charge is 0.148 e. The Bertz CT molecular complexity index is 370. The lowest BCUT2D eigenvalue weighted by atomic mass is 10.2. The maximum absolute atomic E-state index is 13.5. The van der Waals surface area contributed by atoms with Crippen LogP contribution >= 0.6 is 11.8 Å². The number of halogens is 1. The maximum Gasteiger partial charge on any atom is 0.148 e. The standard InChI is InChI=1S/C12H17FN2S/c1-16-10-4-3-9(7-10)15-12-5-2-8(14)6-11(12)13/h2,5-6,9-10,15H,3-4,7,14H2,1H3. The van der Waals surface area contributed by atoms with Crippen molar-refractivity contribution in [3.8, 4) is 0 Å². The van der Waals surface area contributed by atoms with Crippen LogP contribution < -0.4 is 11.1 Å². The third-order valence-electron chi connectivity index (χ3n) is 3.07. The molecular formula is C12H17FN2S. The molecule has 1 aromatic carbocycles. The van der Waals surface area contributed by atoms with Gasteiger partial charge in [-0.3, -0.25) is 0 Å². The van der Waals surface area contributed by atoms with E-state index in [1.54, 1.807) is 12.1 Å². The zero-order valence-electron chi connectivity index (χ0n) is 9.37. The van der Waals surface area contributed by atoms with Gasteiger partial charge in [-0.15, -0.1) is 0 Å². The van der Waals surface area contributed by atoms with Gasteiger partial charge >= 0.3 is 0 Å². The van der Waals surface area contributed by atoms with Crippen molar-refractivity contribution in [2.45, 2.75) is 30.6 Å². The molecule has 16 heavy (non-hydrogen) atoms. The quantitative estimate of drug-likeness (QED) is 0.797. The molecule has 88 valence electrons. The van der Waals surface area contributed by atoms with Crippen molar-refractivity contribution in [3.63, 3.8) is 0 Å².